The van der Waals surface area contributed by atoms with Crippen LogP contribution in [0.3, 0.4) is 0 Å². The van der Waals surface area contributed by atoms with Crippen molar-refractivity contribution in [2.75, 3.05) is 24.3 Å². The van der Waals surface area contributed by atoms with Crippen molar-refractivity contribution < 1.29 is 9.53 Å². The monoisotopic (exact) mass is 212 g/mol. The predicted octanol–water partition coefficient (Wildman–Crippen LogP) is 1.28. The van der Waals surface area contributed by atoms with Gasteiger partial charge in [-0.3, -0.25) is 4.79 Å². The van der Waals surface area contributed by atoms with Crippen molar-refractivity contribution in [3.8, 4) is 5.75 Å². The third-order valence-corrected chi connectivity index (χ3v) is 2.36. The van der Waals surface area contributed by atoms with E-state index in [9.17, 15) is 4.79 Å². The Labute approximate surface area is 86.2 Å². The third-order valence-electron chi connectivity index (χ3n) is 2.14. The molecule has 1 amide bonds. The smallest absolute Gasteiger partial charge is 0.264 e. The van der Waals surface area contributed by atoms with E-state index in [0.717, 1.165) is 0 Å². The van der Waals surface area contributed by atoms with Gasteiger partial charge in [-0.15, -0.1) is 0 Å². The van der Waals surface area contributed by atoms with E-state index in [4.69, 9.17) is 22.1 Å². The van der Waals surface area contributed by atoms with Crippen molar-refractivity contribution in [3.63, 3.8) is 0 Å². The van der Waals surface area contributed by atoms with Crippen molar-refractivity contribution >= 4 is 28.9 Å². The summed E-state index contributed by atoms with van der Waals surface area (Å²) in [5.74, 6) is 0.413. The van der Waals surface area contributed by atoms with Crippen LogP contribution >= 0.6 is 11.6 Å². The lowest BCUT2D eigenvalue weighted by atomic mass is 10.2. The molecule has 14 heavy (non-hydrogen) atoms. The number of anilines is 2. The molecule has 0 unspecified atom stereocenters. The maximum absolute atomic E-state index is 11.3. The lowest BCUT2D eigenvalue weighted by Crippen LogP contribution is -2.35. The summed E-state index contributed by atoms with van der Waals surface area (Å²) in [6.07, 6.45) is 0. The number of amides is 1. The lowest BCUT2D eigenvalue weighted by Gasteiger charge is -2.26. The molecule has 0 radical (unpaired) electrons. The number of ether oxygens (including phenoxy) is 1. The van der Waals surface area contributed by atoms with Crippen molar-refractivity contribution in [1.29, 1.82) is 0 Å². The van der Waals surface area contributed by atoms with E-state index in [-0.39, 0.29) is 12.5 Å². The van der Waals surface area contributed by atoms with Gasteiger partial charge in [0.05, 0.1) is 11.4 Å². The molecular formula is C9H9ClN2O2. The Balaban J connectivity index is 2.59. The molecule has 0 saturated carbocycles. The molecule has 2 rings (SSSR count). The number of nitrogens with two attached hydrogens (primary N) is 1. The van der Waals surface area contributed by atoms with Crippen LogP contribution in [0.25, 0.3) is 0 Å². The molecule has 0 bridgehead atoms. The van der Waals surface area contributed by atoms with Gasteiger partial charge in [-0.25, -0.2) is 0 Å². The van der Waals surface area contributed by atoms with Crippen molar-refractivity contribution in [1.82, 2.24) is 0 Å². The van der Waals surface area contributed by atoms with E-state index >= 15 is 0 Å². The van der Waals surface area contributed by atoms with Gasteiger partial charge in [-0.05, 0) is 12.1 Å². The number of carbonyl (C=O) groups is 1. The van der Waals surface area contributed by atoms with Crippen LogP contribution in [0.15, 0.2) is 12.1 Å². The molecule has 1 aromatic carbocycles. The zero-order chi connectivity index (χ0) is 10.3. The van der Waals surface area contributed by atoms with Gasteiger partial charge in [0.25, 0.3) is 5.91 Å². The van der Waals surface area contributed by atoms with Gasteiger partial charge in [0.2, 0.25) is 0 Å². The topological polar surface area (TPSA) is 55.6 Å². The number of nitrogens with zero attached hydrogens (tertiary/aromatic N) is 1. The summed E-state index contributed by atoms with van der Waals surface area (Å²) >= 11 is 5.82. The highest BCUT2D eigenvalue weighted by Crippen LogP contribution is 2.38. The zero-order valence-corrected chi connectivity index (χ0v) is 8.34. The van der Waals surface area contributed by atoms with Crippen LogP contribution < -0.4 is 15.4 Å². The fraction of sp³-hybridized carbons (Fsp3) is 0.222. The Kier molecular flexibility index (Phi) is 2.00. The normalized spacial score (nSPS) is 15.0. The number of rotatable bonds is 0. The van der Waals surface area contributed by atoms with Gasteiger partial charge in [-0.1, -0.05) is 11.6 Å². The average Bonchev–Trinajstić information content (AvgIpc) is 2.12. The second kappa shape index (κ2) is 3.06. The molecule has 0 aromatic heterocycles. The Bertz CT molecular complexity index is 406. The van der Waals surface area contributed by atoms with Gasteiger partial charge in [0, 0.05) is 12.1 Å². The molecule has 1 aliphatic heterocycles. The first-order chi connectivity index (χ1) is 6.59. The number of nitrogen functional groups attached to an aromatic ring is 1. The number of likely N-dealkylation sites (N-methyl/N-ethyl adjacent to an activating group) is 1. The second-order valence-electron chi connectivity index (χ2n) is 3.08. The van der Waals surface area contributed by atoms with Gasteiger partial charge < -0.3 is 15.4 Å². The van der Waals surface area contributed by atoms with Gasteiger partial charge >= 0.3 is 0 Å². The molecule has 5 heteroatoms. The van der Waals surface area contributed by atoms with Crippen LogP contribution in [0, 0.1) is 0 Å². The highest BCUT2D eigenvalue weighted by atomic mass is 35.5. The number of hydrogen-bond acceptors (Lipinski definition) is 3. The summed E-state index contributed by atoms with van der Waals surface area (Å²) in [6.45, 7) is 0.0231. The number of hydrogen-bond donors (Lipinski definition) is 1. The van der Waals surface area contributed by atoms with Gasteiger partial charge in [-0.2, -0.15) is 0 Å². The molecule has 74 valence electrons. The van der Waals surface area contributed by atoms with Crippen LogP contribution in [0.2, 0.25) is 5.02 Å². The fourth-order valence-electron chi connectivity index (χ4n) is 1.37. The first-order valence-corrected chi connectivity index (χ1v) is 4.46. The zero-order valence-electron chi connectivity index (χ0n) is 7.58. The summed E-state index contributed by atoms with van der Waals surface area (Å²) in [5.41, 5.74) is 6.77. The van der Waals surface area contributed by atoms with E-state index in [2.05, 4.69) is 0 Å². The van der Waals surface area contributed by atoms with E-state index in [1.807, 2.05) is 0 Å². The number of benzene rings is 1. The summed E-state index contributed by atoms with van der Waals surface area (Å²) < 4.78 is 5.22. The highest BCUT2D eigenvalue weighted by Gasteiger charge is 2.24. The summed E-state index contributed by atoms with van der Waals surface area (Å²) in [7, 11) is 1.67. The van der Waals surface area contributed by atoms with Crippen LogP contribution in [0.1, 0.15) is 0 Å². The first-order valence-electron chi connectivity index (χ1n) is 4.08. The summed E-state index contributed by atoms with van der Waals surface area (Å²) in [5, 5.41) is 0.492. The first kappa shape index (κ1) is 9.15. The quantitative estimate of drug-likeness (QED) is 0.659. The minimum atomic E-state index is -0.112. The molecule has 0 saturated heterocycles. The third kappa shape index (κ3) is 1.28. The number of carbonyl (C=O) groups excluding carboxylic acids is 1. The number of fused-ring (bicyclic) bond motifs is 1. The van der Waals surface area contributed by atoms with E-state index in [0.29, 0.717) is 22.1 Å². The molecule has 1 aliphatic rings. The average molecular weight is 213 g/mol. The fourth-order valence-corrected chi connectivity index (χ4v) is 1.59. The molecule has 0 fully saturated rings. The molecule has 4 nitrogen and oxygen atoms in total. The molecule has 0 aliphatic carbocycles. The Hall–Kier alpha value is -1.42. The summed E-state index contributed by atoms with van der Waals surface area (Å²) in [4.78, 5) is 12.8. The van der Waals surface area contributed by atoms with Crippen LogP contribution in [-0.2, 0) is 4.79 Å². The molecule has 1 aromatic rings. The van der Waals surface area contributed by atoms with Gasteiger partial charge in [0.1, 0.15) is 0 Å². The lowest BCUT2D eigenvalue weighted by molar-refractivity contribution is -0.120. The minimum Gasteiger partial charge on any atom is -0.479 e. The Morgan fingerprint density at radius 2 is 2.29 bits per heavy atom. The highest BCUT2D eigenvalue weighted by molar-refractivity contribution is 6.31. The predicted molar refractivity (Wildman–Crippen MR) is 54.8 cm³/mol. The van der Waals surface area contributed by atoms with Gasteiger partial charge in [0.15, 0.2) is 12.4 Å². The Morgan fingerprint density at radius 3 is 3.00 bits per heavy atom. The maximum atomic E-state index is 11.3. The Morgan fingerprint density at radius 1 is 1.57 bits per heavy atom. The van der Waals surface area contributed by atoms with E-state index in [1.54, 1.807) is 19.2 Å². The molecule has 0 atom stereocenters. The number of halogens is 1. The molecule has 2 N–H and O–H groups in total. The van der Waals surface area contributed by atoms with Crippen LogP contribution in [-0.4, -0.2) is 19.6 Å². The van der Waals surface area contributed by atoms with E-state index < -0.39 is 0 Å². The van der Waals surface area contributed by atoms with Crippen molar-refractivity contribution in [2.24, 2.45) is 0 Å². The standard InChI is InChI=1S/C9H9ClN2O2/c1-12-7-3-5(10)2-6(11)9(7)14-4-8(12)13/h2-3H,4,11H2,1H3. The van der Waals surface area contributed by atoms with Crippen LogP contribution in [0.4, 0.5) is 11.4 Å². The molecule has 0 spiro atoms. The molecular weight excluding hydrogens is 204 g/mol. The molecule has 1 heterocycles. The maximum Gasteiger partial charge on any atom is 0.264 e. The largest absolute Gasteiger partial charge is 0.479 e. The minimum absolute atomic E-state index is 0.0231. The van der Waals surface area contributed by atoms with Crippen LogP contribution in [0.5, 0.6) is 5.75 Å². The SMILES string of the molecule is CN1C(=O)COc2c(N)cc(Cl)cc21. The summed E-state index contributed by atoms with van der Waals surface area (Å²) in [6, 6.07) is 3.26. The second-order valence-corrected chi connectivity index (χ2v) is 3.52. The van der Waals surface area contributed by atoms with Crippen molar-refractivity contribution in [2.45, 2.75) is 0 Å². The van der Waals surface area contributed by atoms with E-state index in [1.165, 1.54) is 4.90 Å². The van der Waals surface area contributed by atoms with Crippen molar-refractivity contribution in [3.05, 3.63) is 17.2 Å².